The SMILES string of the molecule is CCNC(=NCCOC)NCCC(=O)N1CCN(c2ccccc2)CC1.I. The van der Waals surface area contributed by atoms with E-state index in [1.54, 1.807) is 7.11 Å². The number of hydrogen-bond acceptors (Lipinski definition) is 4. The first kappa shape index (κ1) is 23.5. The number of nitrogens with one attached hydrogen (secondary N) is 2. The number of benzene rings is 1. The van der Waals surface area contributed by atoms with Crippen LogP contribution in [0.5, 0.6) is 0 Å². The fraction of sp³-hybridized carbons (Fsp3) is 0.579. The summed E-state index contributed by atoms with van der Waals surface area (Å²) in [5.41, 5.74) is 1.23. The van der Waals surface area contributed by atoms with Crippen molar-refractivity contribution in [2.24, 2.45) is 4.99 Å². The van der Waals surface area contributed by atoms with E-state index in [9.17, 15) is 4.79 Å². The Morgan fingerprint density at radius 1 is 1.15 bits per heavy atom. The number of carbonyl (C=O) groups is 1. The molecule has 27 heavy (non-hydrogen) atoms. The predicted octanol–water partition coefficient (Wildman–Crippen LogP) is 1.54. The van der Waals surface area contributed by atoms with Gasteiger partial charge < -0.3 is 25.2 Å². The average Bonchev–Trinajstić information content (AvgIpc) is 2.69. The minimum Gasteiger partial charge on any atom is -0.383 e. The second-order valence-corrected chi connectivity index (χ2v) is 6.13. The summed E-state index contributed by atoms with van der Waals surface area (Å²) in [7, 11) is 1.66. The molecule has 2 rings (SSSR count). The Morgan fingerprint density at radius 3 is 2.48 bits per heavy atom. The zero-order chi connectivity index (χ0) is 18.6. The van der Waals surface area contributed by atoms with Crippen LogP contribution in [0, 0.1) is 0 Å². The average molecular weight is 489 g/mol. The Labute approximate surface area is 179 Å². The van der Waals surface area contributed by atoms with Crippen LogP contribution in [0.1, 0.15) is 13.3 Å². The summed E-state index contributed by atoms with van der Waals surface area (Å²) in [5.74, 6) is 0.921. The molecular formula is C19H32IN5O2. The topological polar surface area (TPSA) is 69.2 Å². The van der Waals surface area contributed by atoms with Gasteiger partial charge in [0.1, 0.15) is 0 Å². The Balaban J connectivity index is 0.00000364. The third-order valence-electron chi connectivity index (χ3n) is 4.29. The van der Waals surface area contributed by atoms with Crippen molar-refractivity contribution in [3.8, 4) is 0 Å². The number of halogens is 1. The summed E-state index contributed by atoms with van der Waals surface area (Å²) in [6, 6.07) is 10.4. The van der Waals surface area contributed by atoms with Crippen molar-refractivity contribution in [2.45, 2.75) is 13.3 Å². The van der Waals surface area contributed by atoms with Gasteiger partial charge in [-0.2, -0.15) is 0 Å². The third kappa shape index (κ3) is 8.34. The number of amides is 1. The van der Waals surface area contributed by atoms with Crippen LogP contribution < -0.4 is 15.5 Å². The van der Waals surface area contributed by atoms with Crippen molar-refractivity contribution in [1.82, 2.24) is 15.5 Å². The largest absolute Gasteiger partial charge is 0.383 e. The molecule has 1 aliphatic heterocycles. The maximum atomic E-state index is 12.4. The summed E-state index contributed by atoms with van der Waals surface area (Å²) >= 11 is 0. The van der Waals surface area contributed by atoms with Gasteiger partial charge in [-0.1, -0.05) is 18.2 Å². The maximum Gasteiger partial charge on any atom is 0.224 e. The molecule has 0 atom stereocenters. The molecule has 0 saturated carbocycles. The van der Waals surface area contributed by atoms with Crippen LogP contribution in [0.4, 0.5) is 5.69 Å². The van der Waals surface area contributed by atoms with Crippen molar-refractivity contribution in [3.05, 3.63) is 30.3 Å². The van der Waals surface area contributed by atoms with Crippen molar-refractivity contribution in [2.75, 3.05) is 64.4 Å². The molecule has 0 aromatic heterocycles. The Bertz CT molecular complexity index is 562. The second kappa shape index (κ2) is 13.6. The van der Waals surface area contributed by atoms with Crippen LogP contribution in [0.25, 0.3) is 0 Å². The van der Waals surface area contributed by atoms with Gasteiger partial charge in [-0.05, 0) is 19.1 Å². The number of methoxy groups -OCH3 is 1. The molecule has 0 unspecified atom stereocenters. The number of para-hydroxylation sites is 1. The maximum absolute atomic E-state index is 12.4. The molecule has 0 bridgehead atoms. The first-order valence-electron chi connectivity index (χ1n) is 9.33. The fourth-order valence-corrected chi connectivity index (χ4v) is 2.89. The summed E-state index contributed by atoms with van der Waals surface area (Å²) in [4.78, 5) is 21.1. The summed E-state index contributed by atoms with van der Waals surface area (Å²) < 4.78 is 5.01. The van der Waals surface area contributed by atoms with Gasteiger partial charge in [0.15, 0.2) is 5.96 Å². The van der Waals surface area contributed by atoms with Gasteiger partial charge in [0.05, 0.1) is 13.2 Å². The number of piperazine rings is 1. The minimum atomic E-state index is 0. The first-order valence-corrected chi connectivity index (χ1v) is 9.33. The second-order valence-electron chi connectivity index (χ2n) is 6.13. The smallest absolute Gasteiger partial charge is 0.224 e. The standard InChI is InChI=1S/C19H31N5O2.HI/c1-3-20-19(22-11-16-26-2)21-10-9-18(25)24-14-12-23(13-15-24)17-7-5-4-6-8-17;/h4-8H,3,9-16H2,1-2H3,(H2,20,21,22);1H. The van der Waals surface area contributed by atoms with Crippen LogP contribution in [-0.2, 0) is 9.53 Å². The van der Waals surface area contributed by atoms with E-state index in [1.165, 1.54) is 5.69 Å². The van der Waals surface area contributed by atoms with E-state index in [4.69, 9.17) is 4.74 Å². The van der Waals surface area contributed by atoms with E-state index < -0.39 is 0 Å². The van der Waals surface area contributed by atoms with E-state index in [2.05, 4.69) is 44.8 Å². The number of aliphatic imine (C=N–C) groups is 1. The molecule has 1 fully saturated rings. The number of anilines is 1. The molecule has 8 heteroatoms. The lowest BCUT2D eigenvalue weighted by molar-refractivity contribution is -0.131. The molecule has 0 radical (unpaired) electrons. The number of rotatable bonds is 8. The highest BCUT2D eigenvalue weighted by Crippen LogP contribution is 2.15. The van der Waals surface area contributed by atoms with Crippen LogP contribution in [-0.4, -0.2) is 76.3 Å². The van der Waals surface area contributed by atoms with Crippen LogP contribution in [0.2, 0.25) is 0 Å². The first-order chi connectivity index (χ1) is 12.7. The number of nitrogens with zero attached hydrogens (tertiary/aromatic N) is 3. The van der Waals surface area contributed by atoms with E-state index in [0.717, 1.165) is 38.7 Å². The van der Waals surface area contributed by atoms with E-state index in [1.807, 2.05) is 17.9 Å². The predicted molar refractivity (Wildman–Crippen MR) is 121 cm³/mol. The van der Waals surface area contributed by atoms with Gasteiger partial charge in [0.25, 0.3) is 0 Å². The van der Waals surface area contributed by atoms with Crippen molar-refractivity contribution < 1.29 is 9.53 Å². The monoisotopic (exact) mass is 489 g/mol. The van der Waals surface area contributed by atoms with Gasteiger partial charge in [-0.3, -0.25) is 9.79 Å². The van der Waals surface area contributed by atoms with Gasteiger partial charge in [-0.15, -0.1) is 24.0 Å². The van der Waals surface area contributed by atoms with Crippen molar-refractivity contribution in [1.29, 1.82) is 0 Å². The van der Waals surface area contributed by atoms with Crippen molar-refractivity contribution >= 4 is 41.5 Å². The highest BCUT2D eigenvalue weighted by atomic mass is 127. The lowest BCUT2D eigenvalue weighted by Crippen LogP contribution is -2.49. The number of hydrogen-bond donors (Lipinski definition) is 2. The van der Waals surface area contributed by atoms with Crippen molar-refractivity contribution in [3.63, 3.8) is 0 Å². The van der Waals surface area contributed by atoms with Gasteiger partial charge in [-0.25, -0.2) is 0 Å². The number of ether oxygens (including phenoxy) is 1. The zero-order valence-corrected chi connectivity index (χ0v) is 18.6. The lowest BCUT2D eigenvalue weighted by atomic mass is 10.2. The molecule has 1 aromatic rings. The van der Waals surface area contributed by atoms with Gasteiger partial charge in [0, 0.05) is 58.5 Å². The lowest BCUT2D eigenvalue weighted by Gasteiger charge is -2.36. The molecule has 1 saturated heterocycles. The van der Waals surface area contributed by atoms with Crippen LogP contribution >= 0.6 is 24.0 Å². The van der Waals surface area contributed by atoms with Gasteiger partial charge in [0.2, 0.25) is 5.91 Å². The fourth-order valence-electron chi connectivity index (χ4n) is 2.89. The third-order valence-corrected chi connectivity index (χ3v) is 4.29. The normalized spacial score (nSPS) is 14.5. The Kier molecular flexibility index (Phi) is 11.8. The molecule has 152 valence electrons. The molecule has 0 aliphatic carbocycles. The molecular weight excluding hydrogens is 457 g/mol. The number of carbonyl (C=O) groups excluding carboxylic acids is 1. The Hall–Kier alpha value is -1.55. The summed E-state index contributed by atoms with van der Waals surface area (Å²) in [6.45, 7) is 7.87. The Morgan fingerprint density at radius 2 is 1.85 bits per heavy atom. The number of guanidine groups is 1. The summed E-state index contributed by atoms with van der Waals surface area (Å²) in [5, 5.41) is 6.38. The van der Waals surface area contributed by atoms with E-state index >= 15 is 0 Å². The molecule has 1 aromatic carbocycles. The van der Waals surface area contributed by atoms with E-state index in [0.29, 0.717) is 26.1 Å². The highest BCUT2D eigenvalue weighted by Gasteiger charge is 2.20. The molecule has 2 N–H and O–H groups in total. The highest BCUT2D eigenvalue weighted by molar-refractivity contribution is 14.0. The minimum absolute atomic E-state index is 0. The molecule has 1 amide bonds. The van der Waals surface area contributed by atoms with Crippen LogP contribution in [0.15, 0.2) is 35.3 Å². The summed E-state index contributed by atoms with van der Waals surface area (Å²) in [6.07, 6.45) is 0.472. The zero-order valence-electron chi connectivity index (χ0n) is 16.3. The molecule has 7 nitrogen and oxygen atoms in total. The van der Waals surface area contributed by atoms with Crippen LogP contribution in [0.3, 0.4) is 0 Å². The molecule has 0 spiro atoms. The quantitative estimate of drug-likeness (QED) is 0.251. The van der Waals surface area contributed by atoms with E-state index in [-0.39, 0.29) is 29.9 Å². The van der Waals surface area contributed by atoms with Gasteiger partial charge >= 0.3 is 0 Å². The molecule has 1 heterocycles. The molecule has 1 aliphatic rings.